The molecule has 0 radical (unpaired) electrons. The van der Waals surface area contributed by atoms with Crippen LogP contribution in [0, 0.1) is 20.8 Å². The second kappa shape index (κ2) is 6.00. The smallest absolute Gasteiger partial charge is 0.182 e. The minimum Gasteiger partial charge on any atom is -0.326 e. The molecule has 4 heteroatoms. The summed E-state index contributed by atoms with van der Waals surface area (Å²) in [4.78, 5) is 0.382. The lowest BCUT2D eigenvalue weighted by Gasteiger charge is -2.10. The van der Waals surface area contributed by atoms with E-state index >= 15 is 0 Å². The summed E-state index contributed by atoms with van der Waals surface area (Å²) in [6.45, 7) is 6.28. The fraction of sp³-hybridized carbons (Fsp3) is 0.294. The molecule has 0 fully saturated rings. The molecule has 0 bridgehead atoms. The van der Waals surface area contributed by atoms with Crippen LogP contribution in [-0.2, 0) is 22.1 Å². The van der Waals surface area contributed by atoms with Gasteiger partial charge >= 0.3 is 0 Å². The molecule has 0 spiro atoms. The van der Waals surface area contributed by atoms with Crippen LogP contribution in [-0.4, -0.2) is 8.42 Å². The Morgan fingerprint density at radius 3 is 2.19 bits per heavy atom. The van der Waals surface area contributed by atoms with Crippen LogP contribution >= 0.6 is 0 Å². The monoisotopic (exact) mass is 303 g/mol. The average molecular weight is 303 g/mol. The van der Waals surface area contributed by atoms with Crippen molar-refractivity contribution in [1.82, 2.24) is 0 Å². The minimum atomic E-state index is -3.33. The van der Waals surface area contributed by atoms with Gasteiger partial charge in [0.25, 0.3) is 0 Å². The summed E-state index contributed by atoms with van der Waals surface area (Å²) >= 11 is 0. The lowest BCUT2D eigenvalue weighted by atomic mass is 10.1. The molecule has 0 atom stereocenters. The maximum Gasteiger partial charge on any atom is 0.182 e. The summed E-state index contributed by atoms with van der Waals surface area (Å²) in [7, 11) is -3.33. The summed E-state index contributed by atoms with van der Waals surface area (Å²) < 4.78 is 25.1. The maximum atomic E-state index is 12.5. The van der Waals surface area contributed by atoms with E-state index in [-0.39, 0.29) is 5.75 Å². The number of sulfone groups is 1. The molecule has 112 valence electrons. The summed E-state index contributed by atoms with van der Waals surface area (Å²) in [5.41, 5.74) is 10.5. The van der Waals surface area contributed by atoms with Crippen molar-refractivity contribution in [2.24, 2.45) is 5.73 Å². The molecular formula is C17H21NO2S. The Balaban J connectivity index is 2.35. The molecule has 0 aliphatic heterocycles. The van der Waals surface area contributed by atoms with Crippen LogP contribution in [0.2, 0.25) is 0 Å². The first-order valence-corrected chi connectivity index (χ1v) is 8.57. The van der Waals surface area contributed by atoms with E-state index in [0.717, 1.165) is 27.8 Å². The molecule has 0 unspecified atom stereocenters. The second-order valence-corrected chi connectivity index (χ2v) is 7.46. The van der Waals surface area contributed by atoms with Crippen molar-refractivity contribution in [2.75, 3.05) is 0 Å². The van der Waals surface area contributed by atoms with Gasteiger partial charge in [-0.2, -0.15) is 0 Å². The third-order valence-corrected chi connectivity index (χ3v) is 5.49. The van der Waals surface area contributed by atoms with Gasteiger partial charge in [-0.05, 0) is 60.7 Å². The molecule has 0 aromatic heterocycles. The molecule has 0 amide bonds. The van der Waals surface area contributed by atoms with Crippen LogP contribution in [0.1, 0.15) is 27.8 Å². The van der Waals surface area contributed by atoms with Crippen LogP contribution in [0.3, 0.4) is 0 Å². The van der Waals surface area contributed by atoms with Crippen molar-refractivity contribution in [3.8, 4) is 0 Å². The van der Waals surface area contributed by atoms with Gasteiger partial charge in [-0.15, -0.1) is 0 Å². The van der Waals surface area contributed by atoms with Crippen molar-refractivity contribution < 1.29 is 8.42 Å². The largest absolute Gasteiger partial charge is 0.326 e. The molecular weight excluding hydrogens is 282 g/mol. The predicted molar refractivity (Wildman–Crippen MR) is 85.9 cm³/mol. The fourth-order valence-corrected chi connectivity index (χ4v) is 3.77. The Kier molecular flexibility index (Phi) is 4.49. The van der Waals surface area contributed by atoms with Gasteiger partial charge in [-0.1, -0.05) is 24.3 Å². The fourth-order valence-electron chi connectivity index (χ4n) is 2.24. The maximum absolute atomic E-state index is 12.5. The highest BCUT2D eigenvalue weighted by atomic mass is 32.2. The Hall–Kier alpha value is -1.65. The molecule has 3 nitrogen and oxygen atoms in total. The summed E-state index contributed by atoms with van der Waals surface area (Å²) in [5, 5.41) is 0. The first kappa shape index (κ1) is 15.7. The van der Waals surface area contributed by atoms with Gasteiger partial charge in [0.2, 0.25) is 0 Å². The van der Waals surface area contributed by atoms with Crippen LogP contribution in [0.5, 0.6) is 0 Å². The van der Waals surface area contributed by atoms with Crippen molar-refractivity contribution in [2.45, 2.75) is 38.0 Å². The lowest BCUT2D eigenvalue weighted by Crippen LogP contribution is -2.07. The normalized spacial score (nSPS) is 11.6. The van der Waals surface area contributed by atoms with Crippen molar-refractivity contribution in [3.63, 3.8) is 0 Å². The number of hydrogen-bond acceptors (Lipinski definition) is 3. The number of benzene rings is 2. The van der Waals surface area contributed by atoms with E-state index in [4.69, 9.17) is 5.73 Å². The van der Waals surface area contributed by atoms with Crippen molar-refractivity contribution in [3.05, 3.63) is 64.2 Å². The van der Waals surface area contributed by atoms with Crippen LogP contribution in [0.25, 0.3) is 0 Å². The number of rotatable bonds is 4. The zero-order chi connectivity index (χ0) is 15.6. The van der Waals surface area contributed by atoms with Crippen LogP contribution in [0.15, 0.2) is 41.3 Å². The standard InChI is InChI=1S/C17H21NO2S/c1-12-4-7-17(9-13(12)2)21(19,20)11-16-6-5-15(10-18)8-14(16)3/h4-9H,10-11,18H2,1-3H3. The van der Waals surface area contributed by atoms with Crippen LogP contribution < -0.4 is 5.73 Å². The van der Waals surface area contributed by atoms with Gasteiger partial charge in [0.1, 0.15) is 0 Å². The number of aryl methyl sites for hydroxylation is 3. The average Bonchev–Trinajstić information content (AvgIpc) is 2.43. The third-order valence-electron chi connectivity index (χ3n) is 3.83. The highest BCUT2D eigenvalue weighted by Gasteiger charge is 2.17. The SMILES string of the molecule is Cc1ccc(S(=O)(=O)Cc2ccc(CN)cc2C)cc1C. The zero-order valence-corrected chi connectivity index (χ0v) is 13.5. The molecule has 0 aliphatic carbocycles. The first-order chi connectivity index (χ1) is 9.83. The van der Waals surface area contributed by atoms with E-state index in [9.17, 15) is 8.42 Å². The first-order valence-electron chi connectivity index (χ1n) is 6.92. The van der Waals surface area contributed by atoms with E-state index in [1.807, 2.05) is 45.0 Å². The summed E-state index contributed by atoms with van der Waals surface area (Å²) in [6, 6.07) is 11.0. The topological polar surface area (TPSA) is 60.2 Å². The molecule has 21 heavy (non-hydrogen) atoms. The highest BCUT2D eigenvalue weighted by molar-refractivity contribution is 7.90. The summed E-state index contributed by atoms with van der Waals surface area (Å²) in [5.74, 6) is 0.0200. The van der Waals surface area contributed by atoms with E-state index in [2.05, 4.69) is 0 Å². The molecule has 0 saturated heterocycles. The molecule has 2 aromatic rings. The minimum absolute atomic E-state index is 0.0200. The molecule has 2 N–H and O–H groups in total. The van der Waals surface area contributed by atoms with Crippen molar-refractivity contribution in [1.29, 1.82) is 0 Å². The predicted octanol–water partition coefficient (Wildman–Crippen LogP) is 3.04. The molecule has 0 heterocycles. The molecule has 2 aromatic carbocycles. The van der Waals surface area contributed by atoms with Gasteiger partial charge in [0.15, 0.2) is 9.84 Å². The van der Waals surface area contributed by atoms with Crippen LogP contribution in [0.4, 0.5) is 0 Å². The lowest BCUT2D eigenvalue weighted by molar-refractivity contribution is 0.595. The van der Waals surface area contributed by atoms with E-state index < -0.39 is 9.84 Å². The van der Waals surface area contributed by atoms with E-state index in [1.165, 1.54) is 0 Å². The Bertz CT molecular complexity index is 764. The third kappa shape index (κ3) is 3.52. The van der Waals surface area contributed by atoms with E-state index in [0.29, 0.717) is 11.4 Å². The molecule has 0 aliphatic rings. The Morgan fingerprint density at radius 2 is 1.62 bits per heavy atom. The summed E-state index contributed by atoms with van der Waals surface area (Å²) in [6.07, 6.45) is 0. The van der Waals surface area contributed by atoms with Gasteiger partial charge in [-0.3, -0.25) is 0 Å². The Labute approximate surface area is 126 Å². The molecule has 2 rings (SSSR count). The van der Waals surface area contributed by atoms with E-state index in [1.54, 1.807) is 12.1 Å². The zero-order valence-electron chi connectivity index (χ0n) is 12.7. The van der Waals surface area contributed by atoms with Gasteiger partial charge in [0.05, 0.1) is 10.6 Å². The van der Waals surface area contributed by atoms with Crippen molar-refractivity contribution >= 4 is 9.84 Å². The van der Waals surface area contributed by atoms with Gasteiger partial charge in [0, 0.05) is 6.54 Å². The second-order valence-electron chi connectivity index (χ2n) is 5.47. The van der Waals surface area contributed by atoms with Gasteiger partial charge < -0.3 is 5.73 Å². The quantitative estimate of drug-likeness (QED) is 0.944. The number of nitrogens with two attached hydrogens (primary N) is 1. The molecule has 0 saturated carbocycles. The Morgan fingerprint density at radius 1 is 0.905 bits per heavy atom. The number of hydrogen-bond donors (Lipinski definition) is 1. The van der Waals surface area contributed by atoms with Gasteiger partial charge in [-0.25, -0.2) is 8.42 Å². The highest BCUT2D eigenvalue weighted by Crippen LogP contribution is 2.21.